The molecule has 0 radical (unpaired) electrons. The van der Waals surface area contributed by atoms with Crippen LogP contribution in [0.3, 0.4) is 0 Å². The molecule has 1 aliphatic heterocycles. The SMILES string of the molecule is CC1(C)CCNC(=O)C(CCN)N1C1CCCC1. The minimum atomic E-state index is -0.0319. The lowest BCUT2D eigenvalue weighted by atomic mass is 9.92. The van der Waals surface area contributed by atoms with Crippen molar-refractivity contribution in [2.75, 3.05) is 13.1 Å². The molecule has 4 heteroatoms. The summed E-state index contributed by atoms with van der Waals surface area (Å²) in [6.45, 7) is 5.91. The van der Waals surface area contributed by atoms with E-state index in [1.807, 2.05) is 0 Å². The monoisotopic (exact) mass is 253 g/mol. The zero-order valence-electron chi connectivity index (χ0n) is 11.7. The molecule has 1 aliphatic carbocycles. The maximum absolute atomic E-state index is 12.3. The van der Waals surface area contributed by atoms with E-state index in [2.05, 4.69) is 24.1 Å². The van der Waals surface area contributed by atoms with Crippen LogP contribution in [0.2, 0.25) is 0 Å². The van der Waals surface area contributed by atoms with Crippen LogP contribution >= 0.6 is 0 Å². The third-order valence-electron chi connectivity index (χ3n) is 4.53. The van der Waals surface area contributed by atoms with Crippen LogP contribution in [0.5, 0.6) is 0 Å². The molecule has 0 bridgehead atoms. The van der Waals surface area contributed by atoms with Crippen molar-refractivity contribution in [3.05, 3.63) is 0 Å². The highest BCUT2D eigenvalue weighted by molar-refractivity contribution is 5.82. The highest BCUT2D eigenvalue weighted by Gasteiger charge is 2.42. The first kappa shape index (κ1) is 13.8. The number of nitrogens with two attached hydrogens (primary N) is 1. The molecule has 0 aromatic carbocycles. The van der Waals surface area contributed by atoms with Gasteiger partial charge in [0, 0.05) is 18.1 Å². The molecule has 1 saturated heterocycles. The fourth-order valence-corrected chi connectivity index (χ4v) is 3.65. The second-order valence-electron chi connectivity index (χ2n) is 6.29. The van der Waals surface area contributed by atoms with Gasteiger partial charge in [0.15, 0.2) is 0 Å². The number of nitrogens with zero attached hydrogens (tertiary/aromatic N) is 1. The number of carbonyl (C=O) groups is 1. The highest BCUT2D eigenvalue weighted by Crippen LogP contribution is 2.34. The van der Waals surface area contributed by atoms with Gasteiger partial charge >= 0.3 is 0 Å². The maximum atomic E-state index is 12.3. The minimum Gasteiger partial charge on any atom is -0.355 e. The number of carbonyl (C=O) groups excluding carboxylic acids is 1. The number of nitrogens with one attached hydrogen (secondary N) is 1. The molecule has 18 heavy (non-hydrogen) atoms. The van der Waals surface area contributed by atoms with E-state index < -0.39 is 0 Å². The van der Waals surface area contributed by atoms with Gasteiger partial charge in [-0.3, -0.25) is 9.69 Å². The summed E-state index contributed by atoms with van der Waals surface area (Å²) in [5, 5.41) is 3.05. The Morgan fingerprint density at radius 1 is 1.39 bits per heavy atom. The molecule has 1 amide bonds. The zero-order chi connectivity index (χ0) is 13.2. The zero-order valence-corrected chi connectivity index (χ0v) is 11.7. The van der Waals surface area contributed by atoms with E-state index in [0.29, 0.717) is 12.6 Å². The van der Waals surface area contributed by atoms with E-state index in [1.165, 1.54) is 25.7 Å². The van der Waals surface area contributed by atoms with Crippen LogP contribution in [0.1, 0.15) is 52.4 Å². The van der Waals surface area contributed by atoms with Crippen LogP contribution in [0.15, 0.2) is 0 Å². The van der Waals surface area contributed by atoms with Gasteiger partial charge in [-0.1, -0.05) is 12.8 Å². The quantitative estimate of drug-likeness (QED) is 0.796. The normalized spacial score (nSPS) is 30.2. The van der Waals surface area contributed by atoms with Gasteiger partial charge in [0.2, 0.25) is 5.91 Å². The van der Waals surface area contributed by atoms with E-state index in [1.54, 1.807) is 0 Å². The highest BCUT2D eigenvalue weighted by atomic mass is 16.2. The molecule has 2 rings (SSSR count). The first-order chi connectivity index (χ1) is 8.56. The van der Waals surface area contributed by atoms with Crippen LogP contribution in [0.4, 0.5) is 0 Å². The molecule has 1 heterocycles. The third-order valence-corrected chi connectivity index (χ3v) is 4.53. The van der Waals surface area contributed by atoms with Crippen molar-refractivity contribution in [2.24, 2.45) is 5.73 Å². The van der Waals surface area contributed by atoms with E-state index in [9.17, 15) is 4.79 Å². The second-order valence-corrected chi connectivity index (χ2v) is 6.29. The average molecular weight is 253 g/mol. The Bertz CT molecular complexity index is 297. The molecule has 1 saturated carbocycles. The van der Waals surface area contributed by atoms with E-state index in [4.69, 9.17) is 5.73 Å². The Morgan fingerprint density at radius 3 is 2.67 bits per heavy atom. The topological polar surface area (TPSA) is 58.4 Å². The largest absolute Gasteiger partial charge is 0.355 e. The lowest BCUT2D eigenvalue weighted by molar-refractivity contribution is -0.128. The van der Waals surface area contributed by atoms with Crippen LogP contribution < -0.4 is 11.1 Å². The fourth-order valence-electron chi connectivity index (χ4n) is 3.65. The van der Waals surface area contributed by atoms with Gasteiger partial charge in [0.05, 0.1) is 6.04 Å². The summed E-state index contributed by atoms with van der Waals surface area (Å²) in [5.41, 5.74) is 5.81. The predicted molar refractivity (Wildman–Crippen MR) is 73.3 cm³/mol. The van der Waals surface area contributed by atoms with E-state index in [-0.39, 0.29) is 17.5 Å². The van der Waals surface area contributed by atoms with Crippen molar-refractivity contribution in [1.29, 1.82) is 0 Å². The number of hydrogen-bond acceptors (Lipinski definition) is 3. The molecule has 104 valence electrons. The molecular formula is C14H27N3O. The summed E-state index contributed by atoms with van der Waals surface area (Å²) in [4.78, 5) is 14.7. The lowest BCUT2D eigenvalue weighted by Gasteiger charge is -2.45. The van der Waals surface area contributed by atoms with Crippen molar-refractivity contribution in [3.8, 4) is 0 Å². The standard InChI is InChI=1S/C14H27N3O/c1-14(2)8-10-16-13(18)12(7-9-15)17(14)11-5-3-4-6-11/h11-12H,3-10,15H2,1-2H3,(H,16,18). The Hall–Kier alpha value is -0.610. The van der Waals surface area contributed by atoms with Gasteiger partial charge in [-0.05, 0) is 46.1 Å². The molecule has 3 N–H and O–H groups in total. The predicted octanol–water partition coefficient (Wildman–Crippen LogP) is 1.25. The summed E-state index contributed by atoms with van der Waals surface area (Å²) in [5.74, 6) is 0.179. The number of hydrogen-bond donors (Lipinski definition) is 2. The Kier molecular flexibility index (Phi) is 4.28. The van der Waals surface area contributed by atoms with Gasteiger partial charge in [-0.25, -0.2) is 0 Å². The summed E-state index contributed by atoms with van der Waals surface area (Å²) < 4.78 is 0. The Labute approximate surface area is 110 Å². The molecule has 0 aromatic rings. The maximum Gasteiger partial charge on any atom is 0.237 e. The molecule has 1 unspecified atom stereocenters. The van der Waals surface area contributed by atoms with Crippen LogP contribution in [-0.4, -0.2) is 41.5 Å². The smallest absolute Gasteiger partial charge is 0.237 e. The van der Waals surface area contributed by atoms with E-state index in [0.717, 1.165) is 19.4 Å². The van der Waals surface area contributed by atoms with Crippen LogP contribution in [0.25, 0.3) is 0 Å². The summed E-state index contributed by atoms with van der Waals surface area (Å²) >= 11 is 0. The van der Waals surface area contributed by atoms with Gasteiger partial charge in [0.1, 0.15) is 0 Å². The molecule has 0 spiro atoms. The minimum absolute atomic E-state index is 0.0319. The van der Waals surface area contributed by atoms with Crippen molar-refractivity contribution in [1.82, 2.24) is 10.2 Å². The van der Waals surface area contributed by atoms with Crippen molar-refractivity contribution < 1.29 is 4.79 Å². The van der Waals surface area contributed by atoms with Crippen LogP contribution in [-0.2, 0) is 4.79 Å². The fraction of sp³-hybridized carbons (Fsp3) is 0.929. The average Bonchev–Trinajstić information content (AvgIpc) is 2.77. The van der Waals surface area contributed by atoms with Gasteiger partial charge in [0.25, 0.3) is 0 Å². The van der Waals surface area contributed by atoms with Gasteiger partial charge < -0.3 is 11.1 Å². The number of rotatable bonds is 3. The summed E-state index contributed by atoms with van der Waals surface area (Å²) in [6.07, 6.45) is 6.86. The number of amides is 1. The first-order valence-corrected chi connectivity index (χ1v) is 7.32. The van der Waals surface area contributed by atoms with E-state index >= 15 is 0 Å². The summed E-state index contributed by atoms with van der Waals surface area (Å²) in [6, 6.07) is 0.538. The second kappa shape index (κ2) is 5.57. The van der Waals surface area contributed by atoms with Crippen molar-refractivity contribution >= 4 is 5.91 Å². The Morgan fingerprint density at radius 2 is 2.06 bits per heavy atom. The molecular weight excluding hydrogens is 226 g/mol. The third kappa shape index (κ3) is 2.69. The Balaban J connectivity index is 2.25. The van der Waals surface area contributed by atoms with Gasteiger partial charge in [-0.2, -0.15) is 0 Å². The molecule has 1 atom stereocenters. The lowest BCUT2D eigenvalue weighted by Crippen LogP contribution is -2.57. The molecule has 2 fully saturated rings. The summed E-state index contributed by atoms with van der Waals surface area (Å²) in [7, 11) is 0. The van der Waals surface area contributed by atoms with Crippen molar-refractivity contribution in [2.45, 2.75) is 70.0 Å². The molecule has 4 nitrogen and oxygen atoms in total. The van der Waals surface area contributed by atoms with Crippen LogP contribution in [0, 0.1) is 0 Å². The molecule has 0 aromatic heterocycles. The van der Waals surface area contributed by atoms with Crippen molar-refractivity contribution in [3.63, 3.8) is 0 Å². The molecule has 2 aliphatic rings. The van der Waals surface area contributed by atoms with Gasteiger partial charge in [-0.15, -0.1) is 0 Å². The first-order valence-electron chi connectivity index (χ1n) is 7.32.